The molecule has 94 valence electrons. The van der Waals surface area contributed by atoms with E-state index in [-0.39, 0.29) is 0 Å². The van der Waals surface area contributed by atoms with Gasteiger partial charge < -0.3 is 10.3 Å². The van der Waals surface area contributed by atoms with Crippen LogP contribution in [0.15, 0.2) is 36.7 Å². The van der Waals surface area contributed by atoms with Gasteiger partial charge in [-0.3, -0.25) is 0 Å². The smallest absolute Gasteiger partial charge is 0.120 e. The predicted octanol–water partition coefficient (Wildman–Crippen LogP) is 2.96. The number of H-pyrrole nitrogens is 1. The van der Waals surface area contributed by atoms with E-state index in [1.54, 1.807) is 6.20 Å². The minimum atomic E-state index is 0.468. The highest BCUT2D eigenvalue weighted by Crippen LogP contribution is 2.41. The van der Waals surface area contributed by atoms with Gasteiger partial charge in [0, 0.05) is 18.4 Å². The van der Waals surface area contributed by atoms with Crippen LogP contribution >= 0.6 is 0 Å². The Bertz CT molecular complexity index is 483. The molecular weight excluding hydrogens is 222 g/mol. The molecule has 2 N–H and O–H groups in total. The zero-order chi connectivity index (χ0) is 12.4. The lowest BCUT2D eigenvalue weighted by molar-refractivity contribution is 0.473. The van der Waals surface area contributed by atoms with Crippen molar-refractivity contribution in [2.45, 2.75) is 32.4 Å². The number of aryl methyl sites for hydroxylation is 1. The lowest BCUT2D eigenvalue weighted by Gasteiger charge is -2.18. The molecule has 1 heterocycles. The number of aromatic amines is 1. The maximum Gasteiger partial charge on any atom is 0.120 e. The molecule has 1 aromatic heterocycles. The molecule has 1 atom stereocenters. The molecule has 3 heteroatoms. The predicted molar refractivity (Wildman–Crippen MR) is 72.1 cm³/mol. The van der Waals surface area contributed by atoms with Gasteiger partial charge in [-0.1, -0.05) is 29.8 Å². The Hall–Kier alpha value is -1.61. The number of aromatic nitrogens is 2. The Morgan fingerprint density at radius 2 is 2.11 bits per heavy atom. The Balaban J connectivity index is 1.70. The first-order valence-corrected chi connectivity index (χ1v) is 6.61. The van der Waals surface area contributed by atoms with Gasteiger partial charge >= 0.3 is 0 Å². The summed E-state index contributed by atoms with van der Waals surface area (Å²) in [6, 6.07) is 9.34. The van der Waals surface area contributed by atoms with Crippen LogP contribution < -0.4 is 5.32 Å². The summed E-state index contributed by atoms with van der Waals surface area (Å²) in [5.41, 5.74) is 2.72. The van der Waals surface area contributed by atoms with Crippen LogP contribution in [0.25, 0.3) is 0 Å². The van der Waals surface area contributed by atoms with Crippen LogP contribution in [0, 0.1) is 12.8 Å². The highest BCUT2D eigenvalue weighted by molar-refractivity contribution is 5.25. The van der Waals surface area contributed by atoms with Gasteiger partial charge in [0.2, 0.25) is 0 Å². The number of benzene rings is 1. The van der Waals surface area contributed by atoms with E-state index in [4.69, 9.17) is 0 Å². The van der Waals surface area contributed by atoms with Crippen molar-refractivity contribution in [3.8, 4) is 0 Å². The fourth-order valence-electron chi connectivity index (χ4n) is 2.36. The molecule has 18 heavy (non-hydrogen) atoms. The third-order valence-corrected chi connectivity index (χ3v) is 3.57. The number of rotatable bonds is 5. The van der Waals surface area contributed by atoms with Crippen molar-refractivity contribution in [1.29, 1.82) is 0 Å². The van der Waals surface area contributed by atoms with Crippen molar-refractivity contribution >= 4 is 0 Å². The zero-order valence-corrected chi connectivity index (χ0v) is 10.7. The fraction of sp³-hybridized carbons (Fsp3) is 0.400. The molecule has 0 saturated heterocycles. The summed E-state index contributed by atoms with van der Waals surface area (Å²) in [4.78, 5) is 7.40. The summed E-state index contributed by atoms with van der Waals surface area (Å²) in [6.07, 6.45) is 6.34. The molecule has 0 aliphatic heterocycles. The Morgan fingerprint density at radius 3 is 2.72 bits per heavy atom. The van der Waals surface area contributed by atoms with Crippen molar-refractivity contribution in [1.82, 2.24) is 15.3 Å². The molecule has 0 bridgehead atoms. The molecule has 0 spiro atoms. The van der Waals surface area contributed by atoms with Crippen molar-refractivity contribution in [3.63, 3.8) is 0 Å². The summed E-state index contributed by atoms with van der Waals surface area (Å²) in [5, 5.41) is 3.63. The molecule has 3 rings (SSSR count). The topological polar surface area (TPSA) is 40.7 Å². The molecule has 3 nitrogen and oxygen atoms in total. The van der Waals surface area contributed by atoms with Gasteiger partial charge in [0.1, 0.15) is 5.82 Å². The maximum absolute atomic E-state index is 4.26. The third kappa shape index (κ3) is 2.62. The molecule has 1 aromatic carbocycles. The van der Waals surface area contributed by atoms with Crippen LogP contribution in [0.2, 0.25) is 0 Å². The number of imidazole rings is 1. The minimum Gasteiger partial charge on any atom is -0.348 e. The van der Waals surface area contributed by atoms with Gasteiger partial charge in [0.25, 0.3) is 0 Å². The Kier molecular flexibility index (Phi) is 3.15. The lowest BCUT2D eigenvalue weighted by atomic mass is 10.0. The van der Waals surface area contributed by atoms with E-state index >= 15 is 0 Å². The molecule has 2 aromatic rings. The van der Waals surface area contributed by atoms with Crippen LogP contribution in [0.3, 0.4) is 0 Å². The van der Waals surface area contributed by atoms with E-state index < -0.39 is 0 Å². The average molecular weight is 241 g/mol. The molecule has 0 radical (unpaired) electrons. The van der Waals surface area contributed by atoms with Gasteiger partial charge in [-0.15, -0.1) is 0 Å². The quantitative estimate of drug-likeness (QED) is 0.845. The summed E-state index contributed by atoms with van der Waals surface area (Å²) >= 11 is 0. The summed E-state index contributed by atoms with van der Waals surface area (Å²) in [6.45, 7) is 2.94. The van der Waals surface area contributed by atoms with E-state index in [1.807, 2.05) is 6.20 Å². The normalized spacial score (nSPS) is 16.7. The second-order valence-corrected chi connectivity index (χ2v) is 5.14. The molecule has 0 amide bonds. The van der Waals surface area contributed by atoms with Gasteiger partial charge in [-0.2, -0.15) is 0 Å². The first-order chi connectivity index (χ1) is 8.83. The van der Waals surface area contributed by atoms with Crippen molar-refractivity contribution < 1.29 is 0 Å². The molecule has 1 aliphatic carbocycles. The van der Waals surface area contributed by atoms with E-state index in [0.29, 0.717) is 6.04 Å². The number of nitrogens with one attached hydrogen (secondary N) is 2. The van der Waals surface area contributed by atoms with Crippen LogP contribution in [0.4, 0.5) is 0 Å². The third-order valence-electron chi connectivity index (χ3n) is 3.57. The number of hydrogen-bond acceptors (Lipinski definition) is 2. The highest BCUT2D eigenvalue weighted by atomic mass is 15.0. The monoisotopic (exact) mass is 241 g/mol. The second-order valence-electron chi connectivity index (χ2n) is 5.14. The summed E-state index contributed by atoms with van der Waals surface area (Å²) in [7, 11) is 0. The van der Waals surface area contributed by atoms with Gasteiger partial charge in [0.15, 0.2) is 0 Å². The van der Waals surface area contributed by atoms with Crippen LogP contribution in [0.1, 0.15) is 35.8 Å². The maximum atomic E-state index is 4.26. The zero-order valence-electron chi connectivity index (χ0n) is 10.7. The van der Waals surface area contributed by atoms with E-state index in [0.717, 1.165) is 18.3 Å². The molecule has 1 saturated carbocycles. The lowest BCUT2D eigenvalue weighted by Crippen LogP contribution is -2.23. The van der Waals surface area contributed by atoms with E-state index in [1.165, 1.54) is 24.0 Å². The standard InChI is InChI=1S/C15H19N3/c1-11-2-4-12(5-3-11)15(13-6-7-13)18-10-14-16-8-9-17-14/h2-5,8-9,13,15,18H,6-7,10H2,1H3,(H,16,17). The summed E-state index contributed by atoms with van der Waals surface area (Å²) < 4.78 is 0. The Labute approximate surface area is 108 Å². The first-order valence-electron chi connectivity index (χ1n) is 6.61. The average Bonchev–Trinajstić information content (AvgIpc) is 3.08. The van der Waals surface area contributed by atoms with Crippen molar-refractivity contribution in [3.05, 3.63) is 53.6 Å². The Morgan fingerprint density at radius 1 is 1.33 bits per heavy atom. The second kappa shape index (κ2) is 4.94. The van der Waals surface area contributed by atoms with E-state index in [9.17, 15) is 0 Å². The van der Waals surface area contributed by atoms with Crippen LogP contribution in [0.5, 0.6) is 0 Å². The molecular formula is C15H19N3. The largest absolute Gasteiger partial charge is 0.348 e. The molecule has 1 unspecified atom stereocenters. The van der Waals surface area contributed by atoms with Gasteiger partial charge in [-0.05, 0) is 31.2 Å². The van der Waals surface area contributed by atoms with Gasteiger partial charge in [0.05, 0.1) is 6.54 Å². The first kappa shape index (κ1) is 11.5. The van der Waals surface area contributed by atoms with E-state index in [2.05, 4.69) is 46.5 Å². The van der Waals surface area contributed by atoms with Crippen LogP contribution in [-0.2, 0) is 6.54 Å². The number of hydrogen-bond donors (Lipinski definition) is 2. The van der Waals surface area contributed by atoms with Crippen molar-refractivity contribution in [2.75, 3.05) is 0 Å². The van der Waals surface area contributed by atoms with Crippen molar-refractivity contribution in [2.24, 2.45) is 5.92 Å². The fourth-order valence-corrected chi connectivity index (χ4v) is 2.36. The highest BCUT2D eigenvalue weighted by Gasteiger charge is 2.31. The molecule has 1 aliphatic rings. The van der Waals surface area contributed by atoms with Gasteiger partial charge in [-0.25, -0.2) is 4.98 Å². The number of nitrogens with zero attached hydrogens (tertiary/aromatic N) is 1. The van der Waals surface area contributed by atoms with Crippen LogP contribution in [-0.4, -0.2) is 9.97 Å². The molecule has 1 fully saturated rings. The minimum absolute atomic E-state index is 0.468. The SMILES string of the molecule is Cc1ccc(C(NCc2ncc[nH]2)C2CC2)cc1. The summed E-state index contributed by atoms with van der Waals surface area (Å²) in [5.74, 6) is 1.80.